The molecule has 1 unspecified atom stereocenters. The normalized spacial score (nSPS) is 13.2. The third-order valence-electron chi connectivity index (χ3n) is 9.27. The Hall–Kier alpha value is -6.10. The van der Waals surface area contributed by atoms with Gasteiger partial charge in [-0.25, -0.2) is 9.98 Å². The summed E-state index contributed by atoms with van der Waals surface area (Å²) in [5.74, 6) is 0.577. The van der Waals surface area contributed by atoms with E-state index < -0.39 is 6.17 Å². The number of hydrogen-bond donors (Lipinski definition) is 1. The summed E-state index contributed by atoms with van der Waals surface area (Å²) in [5, 5.41) is 12.1. The van der Waals surface area contributed by atoms with Gasteiger partial charge in [0.2, 0.25) is 0 Å². The molecule has 0 fully saturated rings. The first-order valence-electron chi connectivity index (χ1n) is 15.9. The first kappa shape index (κ1) is 27.2. The van der Waals surface area contributed by atoms with Crippen molar-refractivity contribution in [2.24, 2.45) is 15.7 Å². The second-order valence-electron chi connectivity index (χ2n) is 12.0. The van der Waals surface area contributed by atoms with Gasteiger partial charge in [0.1, 0.15) is 12.5 Å². The first-order valence-corrected chi connectivity index (χ1v) is 15.9. The highest BCUT2D eigenvalue weighted by molar-refractivity contribution is 6.39. The van der Waals surface area contributed by atoms with E-state index in [1.54, 1.807) is 0 Å². The molecule has 1 atom stereocenters. The van der Waals surface area contributed by atoms with E-state index in [-0.39, 0.29) is 0 Å². The monoisotopic (exact) mass is 602 g/mol. The predicted octanol–water partition coefficient (Wildman–Crippen LogP) is 10.4. The van der Waals surface area contributed by atoms with Crippen molar-refractivity contribution in [3.63, 3.8) is 0 Å². The van der Waals surface area contributed by atoms with Crippen LogP contribution in [-0.2, 0) is 0 Å². The van der Waals surface area contributed by atoms with Crippen molar-refractivity contribution in [3.05, 3.63) is 169 Å². The molecule has 47 heavy (non-hydrogen) atoms. The van der Waals surface area contributed by atoms with Crippen LogP contribution in [0.4, 0.5) is 0 Å². The zero-order chi connectivity index (χ0) is 31.3. The molecule has 222 valence electrons. The lowest BCUT2D eigenvalue weighted by Crippen LogP contribution is -2.11. The van der Waals surface area contributed by atoms with Gasteiger partial charge in [-0.1, -0.05) is 158 Å². The van der Waals surface area contributed by atoms with E-state index in [0.29, 0.717) is 5.84 Å². The van der Waals surface area contributed by atoms with Crippen LogP contribution in [0.5, 0.6) is 0 Å². The van der Waals surface area contributed by atoms with Crippen LogP contribution in [0.2, 0.25) is 0 Å². The maximum Gasteiger partial charge on any atom is 0.158 e. The lowest BCUT2D eigenvalue weighted by Gasteiger charge is -2.12. The van der Waals surface area contributed by atoms with Gasteiger partial charge in [-0.05, 0) is 32.5 Å². The lowest BCUT2D eigenvalue weighted by molar-refractivity contribution is 0.775. The molecular formula is C43H30N4. The molecule has 0 spiro atoms. The third-order valence-corrected chi connectivity index (χ3v) is 9.27. The highest BCUT2D eigenvalue weighted by Crippen LogP contribution is 2.44. The average molecular weight is 603 g/mol. The maximum atomic E-state index is 6.66. The minimum Gasteiger partial charge on any atom is -0.306 e. The Morgan fingerprint density at radius 2 is 1.06 bits per heavy atom. The Morgan fingerprint density at radius 3 is 1.81 bits per heavy atom. The van der Waals surface area contributed by atoms with Crippen molar-refractivity contribution in [2.45, 2.75) is 6.17 Å². The largest absolute Gasteiger partial charge is 0.306 e. The zero-order valence-electron chi connectivity index (χ0n) is 25.6. The van der Waals surface area contributed by atoms with Crippen molar-refractivity contribution in [3.8, 4) is 0 Å². The van der Waals surface area contributed by atoms with E-state index in [0.717, 1.165) is 22.2 Å². The summed E-state index contributed by atoms with van der Waals surface area (Å²) in [4.78, 5) is 10.1. The molecule has 1 aromatic heterocycles. The minimum atomic E-state index is -0.557. The Bertz CT molecular complexity index is 2690. The number of fused-ring (bicyclic) bond motifs is 12. The number of rotatable bonds is 4. The molecule has 8 aromatic carbocycles. The molecule has 0 aliphatic carbocycles. The SMILES string of the molecule is NC(/N=C(\N=C\n1c2c3ccccc3ccc2c2c3c4ccccc4ccc3c3ccccc3c21)c1ccccc1)c1ccccc1. The molecule has 4 heteroatoms. The van der Waals surface area contributed by atoms with Crippen LogP contribution in [0.1, 0.15) is 17.3 Å². The molecule has 4 nitrogen and oxygen atoms in total. The van der Waals surface area contributed by atoms with Gasteiger partial charge in [0.25, 0.3) is 0 Å². The Balaban J connectivity index is 1.42. The molecule has 0 bridgehead atoms. The molecule has 0 aliphatic heterocycles. The van der Waals surface area contributed by atoms with Gasteiger partial charge < -0.3 is 5.73 Å². The van der Waals surface area contributed by atoms with Crippen molar-refractivity contribution in [2.75, 3.05) is 0 Å². The number of benzene rings is 8. The minimum absolute atomic E-state index is 0.557. The van der Waals surface area contributed by atoms with Gasteiger partial charge >= 0.3 is 0 Å². The number of nitrogens with two attached hydrogens (primary N) is 1. The van der Waals surface area contributed by atoms with Gasteiger partial charge in [0.15, 0.2) is 5.84 Å². The van der Waals surface area contributed by atoms with Crippen LogP contribution in [-0.4, -0.2) is 16.7 Å². The van der Waals surface area contributed by atoms with E-state index in [1.807, 2.05) is 67.0 Å². The molecule has 0 saturated carbocycles. The van der Waals surface area contributed by atoms with Crippen LogP contribution in [0.3, 0.4) is 0 Å². The number of hydrogen-bond acceptors (Lipinski definition) is 2. The number of amidine groups is 1. The molecule has 0 saturated heterocycles. The highest BCUT2D eigenvalue weighted by Gasteiger charge is 2.20. The molecule has 9 aromatic rings. The second kappa shape index (κ2) is 11.1. The van der Waals surface area contributed by atoms with Crippen LogP contribution < -0.4 is 5.73 Å². The average Bonchev–Trinajstić information content (AvgIpc) is 3.48. The number of aliphatic imine (C=N–C) groups is 2. The molecule has 2 N–H and O–H groups in total. The second-order valence-corrected chi connectivity index (χ2v) is 12.0. The highest BCUT2D eigenvalue weighted by atomic mass is 15.1. The van der Waals surface area contributed by atoms with E-state index in [9.17, 15) is 0 Å². The van der Waals surface area contributed by atoms with Gasteiger partial charge in [-0.2, -0.15) is 0 Å². The number of aromatic nitrogens is 1. The lowest BCUT2D eigenvalue weighted by atomic mass is 9.92. The van der Waals surface area contributed by atoms with Gasteiger partial charge in [0.05, 0.1) is 11.0 Å². The topological polar surface area (TPSA) is 55.7 Å². The van der Waals surface area contributed by atoms with Crippen LogP contribution in [0.15, 0.2) is 168 Å². The fraction of sp³-hybridized carbons (Fsp3) is 0.0233. The van der Waals surface area contributed by atoms with Gasteiger partial charge in [0, 0.05) is 32.5 Å². The summed E-state index contributed by atoms with van der Waals surface area (Å²) in [6, 6.07) is 55.1. The standard InChI is InChI=1S/C43H30N4/c44-42(30-15-3-1-4-16-30)46-43(31-17-5-2-6-18-31)45-27-47-40-33-20-10-8-14-29(33)24-26-37(40)39-38-32-19-9-7-13-28(32)23-25-35(38)34-21-11-12-22-36(34)41(39)47/h1-27,42H,44H2/b45-27+,46-43-. The molecule has 0 aliphatic rings. The van der Waals surface area contributed by atoms with Crippen molar-refractivity contribution >= 4 is 77.1 Å². The fourth-order valence-electron chi connectivity index (χ4n) is 7.14. The summed E-state index contributed by atoms with van der Waals surface area (Å²) < 4.78 is 2.28. The van der Waals surface area contributed by atoms with E-state index in [2.05, 4.69) is 102 Å². The van der Waals surface area contributed by atoms with Crippen molar-refractivity contribution in [1.82, 2.24) is 4.57 Å². The van der Waals surface area contributed by atoms with Crippen LogP contribution >= 0.6 is 0 Å². The van der Waals surface area contributed by atoms with Crippen LogP contribution in [0, 0.1) is 0 Å². The summed E-state index contributed by atoms with van der Waals surface area (Å²) in [5.41, 5.74) is 10.7. The maximum absolute atomic E-state index is 6.66. The van der Waals surface area contributed by atoms with Crippen molar-refractivity contribution in [1.29, 1.82) is 0 Å². The third kappa shape index (κ3) is 4.42. The van der Waals surface area contributed by atoms with E-state index in [1.165, 1.54) is 53.9 Å². The molecular weight excluding hydrogens is 573 g/mol. The summed E-state index contributed by atoms with van der Waals surface area (Å²) >= 11 is 0. The summed E-state index contributed by atoms with van der Waals surface area (Å²) in [6.07, 6.45) is 1.39. The molecule has 0 amide bonds. The van der Waals surface area contributed by atoms with Crippen molar-refractivity contribution < 1.29 is 0 Å². The smallest absolute Gasteiger partial charge is 0.158 e. The van der Waals surface area contributed by atoms with Gasteiger partial charge in [-0.15, -0.1) is 0 Å². The predicted molar refractivity (Wildman–Crippen MR) is 200 cm³/mol. The zero-order valence-corrected chi connectivity index (χ0v) is 25.6. The molecule has 9 rings (SSSR count). The molecule has 0 radical (unpaired) electrons. The fourth-order valence-corrected chi connectivity index (χ4v) is 7.14. The Labute approximate surface area is 271 Å². The summed E-state index contributed by atoms with van der Waals surface area (Å²) in [7, 11) is 0. The quantitative estimate of drug-likeness (QED) is 0.122. The summed E-state index contributed by atoms with van der Waals surface area (Å²) in [6.45, 7) is 0. The van der Waals surface area contributed by atoms with Gasteiger partial charge in [-0.3, -0.25) is 4.57 Å². The van der Waals surface area contributed by atoms with E-state index in [4.69, 9.17) is 15.7 Å². The van der Waals surface area contributed by atoms with E-state index >= 15 is 0 Å². The Kier molecular flexibility index (Phi) is 6.41. The van der Waals surface area contributed by atoms with Crippen LogP contribution in [0.25, 0.3) is 64.9 Å². The first-order chi connectivity index (χ1) is 23.3. The molecule has 1 heterocycles. The Morgan fingerprint density at radius 1 is 0.489 bits per heavy atom. The number of nitrogens with zero attached hydrogens (tertiary/aromatic N) is 3.